The average molecular weight is 264 g/mol. The van der Waals surface area contributed by atoms with Gasteiger partial charge in [-0.1, -0.05) is 36.4 Å². The van der Waals surface area contributed by atoms with E-state index >= 15 is 0 Å². The molecule has 0 aliphatic rings. The zero-order valence-electron chi connectivity index (χ0n) is 11.6. The lowest BCUT2D eigenvalue weighted by molar-refractivity contribution is 0.994. The zero-order chi connectivity index (χ0) is 14.3. The third-order valence-corrected chi connectivity index (χ3v) is 3.62. The second-order valence-electron chi connectivity index (χ2n) is 5.04. The molecule has 0 aliphatic carbocycles. The van der Waals surface area contributed by atoms with E-state index < -0.39 is 0 Å². The number of hydrogen-bond donors (Lipinski definition) is 1. The first-order chi connectivity index (χ1) is 9.59. The van der Waals surface area contributed by atoms with Gasteiger partial charge in [0.1, 0.15) is 5.82 Å². The molecule has 0 amide bonds. The van der Waals surface area contributed by atoms with Crippen LogP contribution in [0.4, 0.5) is 5.82 Å². The molecule has 0 bridgehead atoms. The van der Waals surface area contributed by atoms with Crippen LogP contribution in [0.2, 0.25) is 0 Å². The number of anilines is 1. The lowest BCUT2D eigenvalue weighted by Crippen LogP contribution is -2.22. The minimum atomic E-state index is -0.0713. The highest BCUT2D eigenvalue weighted by Crippen LogP contribution is 2.22. The number of para-hydroxylation sites is 1. The minimum absolute atomic E-state index is 0.0713. The average Bonchev–Trinajstić information content (AvgIpc) is 2.42. The molecule has 1 heterocycles. The van der Waals surface area contributed by atoms with Crippen molar-refractivity contribution in [3.8, 4) is 5.69 Å². The zero-order valence-corrected chi connectivity index (χ0v) is 11.6. The number of nitrogens with two attached hydrogens (primary N) is 1. The van der Waals surface area contributed by atoms with Gasteiger partial charge in [0.2, 0.25) is 0 Å². The first-order valence-corrected chi connectivity index (χ1v) is 6.56. The summed E-state index contributed by atoms with van der Waals surface area (Å²) in [5.74, 6) is 0.464. The Hall–Kier alpha value is -2.55. The summed E-state index contributed by atoms with van der Waals surface area (Å²) in [5.41, 5.74) is 9.00. The molecule has 3 heteroatoms. The van der Waals surface area contributed by atoms with Crippen molar-refractivity contribution in [3.63, 3.8) is 0 Å². The van der Waals surface area contributed by atoms with E-state index in [0.717, 1.165) is 22.2 Å². The Morgan fingerprint density at radius 3 is 2.30 bits per heavy atom. The number of aryl methyl sites for hydroxylation is 2. The lowest BCUT2D eigenvalue weighted by Gasteiger charge is -2.16. The Morgan fingerprint density at radius 1 is 0.950 bits per heavy atom. The van der Waals surface area contributed by atoms with Gasteiger partial charge >= 0.3 is 0 Å². The molecule has 0 aliphatic heterocycles. The van der Waals surface area contributed by atoms with Gasteiger partial charge in [-0.3, -0.25) is 9.36 Å². The molecule has 1 aromatic heterocycles. The largest absolute Gasteiger partial charge is 0.385 e. The van der Waals surface area contributed by atoms with Crippen LogP contribution in [0.5, 0.6) is 0 Å². The highest BCUT2D eigenvalue weighted by Gasteiger charge is 2.12. The molecule has 0 fully saturated rings. The number of nitrogens with zero attached hydrogens (tertiary/aromatic N) is 1. The lowest BCUT2D eigenvalue weighted by atomic mass is 10.1. The summed E-state index contributed by atoms with van der Waals surface area (Å²) in [6.45, 7) is 3.98. The monoisotopic (exact) mass is 264 g/mol. The molecule has 0 saturated heterocycles. The van der Waals surface area contributed by atoms with Crippen molar-refractivity contribution >= 4 is 16.6 Å². The number of fused-ring (bicyclic) bond motifs is 1. The summed E-state index contributed by atoms with van der Waals surface area (Å²) < 4.78 is 1.60. The molecule has 0 radical (unpaired) electrons. The van der Waals surface area contributed by atoms with Crippen LogP contribution in [0.3, 0.4) is 0 Å². The molecular formula is C17H16N2O. The summed E-state index contributed by atoms with van der Waals surface area (Å²) in [4.78, 5) is 12.7. The van der Waals surface area contributed by atoms with Crippen LogP contribution in [-0.4, -0.2) is 4.57 Å². The fourth-order valence-electron chi connectivity index (χ4n) is 2.67. The molecule has 0 unspecified atom stereocenters. The Labute approximate surface area is 117 Å². The summed E-state index contributed by atoms with van der Waals surface area (Å²) in [6, 6.07) is 15.3. The maximum atomic E-state index is 12.7. The Morgan fingerprint density at radius 2 is 1.60 bits per heavy atom. The van der Waals surface area contributed by atoms with Gasteiger partial charge in [-0.25, -0.2) is 0 Å². The van der Waals surface area contributed by atoms with Crippen LogP contribution in [0.1, 0.15) is 11.1 Å². The molecule has 2 N–H and O–H groups in total. The SMILES string of the molecule is Cc1cccc(C)c1-n1c(N)cc2ccccc2c1=O. The fraction of sp³-hybridized carbons (Fsp3) is 0.118. The van der Waals surface area contributed by atoms with Crippen LogP contribution < -0.4 is 11.3 Å². The van der Waals surface area contributed by atoms with Crippen LogP contribution in [0, 0.1) is 13.8 Å². The molecular weight excluding hydrogens is 248 g/mol. The third kappa shape index (κ3) is 1.79. The van der Waals surface area contributed by atoms with Gasteiger partial charge in [0, 0.05) is 5.39 Å². The van der Waals surface area contributed by atoms with Gasteiger partial charge in [0.25, 0.3) is 5.56 Å². The normalized spacial score (nSPS) is 10.9. The van der Waals surface area contributed by atoms with Gasteiger partial charge in [0.05, 0.1) is 5.69 Å². The molecule has 3 aromatic rings. The molecule has 100 valence electrons. The highest BCUT2D eigenvalue weighted by atomic mass is 16.1. The number of nitrogen functional groups attached to an aromatic ring is 1. The summed E-state index contributed by atoms with van der Waals surface area (Å²) in [7, 11) is 0. The molecule has 0 atom stereocenters. The number of benzene rings is 2. The highest BCUT2D eigenvalue weighted by molar-refractivity contribution is 5.84. The molecule has 20 heavy (non-hydrogen) atoms. The second kappa shape index (κ2) is 4.53. The van der Waals surface area contributed by atoms with E-state index in [2.05, 4.69) is 0 Å². The number of pyridine rings is 1. The van der Waals surface area contributed by atoms with Crippen molar-refractivity contribution in [2.75, 3.05) is 5.73 Å². The van der Waals surface area contributed by atoms with E-state index in [9.17, 15) is 4.79 Å². The van der Waals surface area contributed by atoms with Crippen molar-refractivity contribution in [2.45, 2.75) is 13.8 Å². The van der Waals surface area contributed by atoms with E-state index in [4.69, 9.17) is 5.73 Å². The van der Waals surface area contributed by atoms with Gasteiger partial charge in [-0.15, -0.1) is 0 Å². The Balaban J connectivity index is 2.46. The number of aromatic nitrogens is 1. The molecule has 0 saturated carbocycles. The quantitative estimate of drug-likeness (QED) is 0.733. The third-order valence-electron chi connectivity index (χ3n) is 3.62. The maximum absolute atomic E-state index is 12.7. The standard InChI is InChI=1S/C17H16N2O/c1-11-6-5-7-12(2)16(11)19-15(18)10-13-8-3-4-9-14(13)17(19)20/h3-10H,18H2,1-2H3. The van der Waals surface area contributed by atoms with Crippen LogP contribution in [-0.2, 0) is 0 Å². The van der Waals surface area contributed by atoms with Crippen molar-refractivity contribution in [1.82, 2.24) is 4.57 Å². The summed E-state index contributed by atoms with van der Waals surface area (Å²) >= 11 is 0. The number of rotatable bonds is 1. The maximum Gasteiger partial charge on any atom is 0.264 e. The Bertz CT molecular complexity index is 842. The van der Waals surface area contributed by atoms with Crippen LogP contribution in [0.15, 0.2) is 53.3 Å². The minimum Gasteiger partial charge on any atom is -0.385 e. The van der Waals surface area contributed by atoms with E-state index in [1.54, 1.807) is 4.57 Å². The van der Waals surface area contributed by atoms with Crippen LogP contribution in [0.25, 0.3) is 16.5 Å². The van der Waals surface area contributed by atoms with Crippen molar-refractivity contribution in [3.05, 3.63) is 70.0 Å². The van der Waals surface area contributed by atoms with Gasteiger partial charge < -0.3 is 5.73 Å². The molecule has 3 nitrogen and oxygen atoms in total. The fourth-order valence-corrected chi connectivity index (χ4v) is 2.67. The van der Waals surface area contributed by atoms with Crippen molar-refractivity contribution in [2.24, 2.45) is 0 Å². The summed E-state index contributed by atoms with van der Waals surface area (Å²) in [5, 5.41) is 1.56. The molecule has 3 rings (SSSR count). The smallest absolute Gasteiger partial charge is 0.264 e. The van der Waals surface area contributed by atoms with Crippen molar-refractivity contribution < 1.29 is 0 Å². The van der Waals surface area contributed by atoms with Gasteiger partial charge in [-0.2, -0.15) is 0 Å². The van der Waals surface area contributed by atoms with Gasteiger partial charge in [0.15, 0.2) is 0 Å². The van der Waals surface area contributed by atoms with E-state index in [1.165, 1.54) is 0 Å². The van der Waals surface area contributed by atoms with E-state index in [0.29, 0.717) is 11.2 Å². The molecule has 2 aromatic carbocycles. The Kier molecular flexibility index (Phi) is 2.83. The van der Waals surface area contributed by atoms with Gasteiger partial charge in [-0.05, 0) is 42.5 Å². The first-order valence-electron chi connectivity index (χ1n) is 6.56. The van der Waals surface area contributed by atoms with E-state index in [-0.39, 0.29) is 5.56 Å². The van der Waals surface area contributed by atoms with Crippen LogP contribution >= 0.6 is 0 Å². The van der Waals surface area contributed by atoms with E-state index in [1.807, 2.05) is 62.4 Å². The van der Waals surface area contributed by atoms with Crippen molar-refractivity contribution in [1.29, 1.82) is 0 Å². The molecule has 0 spiro atoms. The predicted octanol–water partition coefficient (Wildman–Crippen LogP) is 3.19. The number of hydrogen-bond acceptors (Lipinski definition) is 2. The predicted molar refractivity (Wildman–Crippen MR) is 83.4 cm³/mol. The first kappa shape index (κ1) is 12.5. The second-order valence-corrected chi connectivity index (χ2v) is 5.04. The summed E-state index contributed by atoms with van der Waals surface area (Å²) in [6.07, 6.45) is 0. The topological polar surface area (TPSA) is 48.0 Å².